The number of nitrogens with one attached hydrogen (secondary N) is 1. The third-order valence-electron chi connectivity index (χ3n) is 9.47. The van der Waals surface area contributed by atoms with Gasteiger partial charge in [-0.25, -0.2) is 14.3 Å². The lowest BCUT2D eigenvalue weighted by atomic mass is 9.96. The number of carbonyl (C=O) groups excluding carboxylic acids is 1. The molecule has 4 aromatic rings. The summed E-state index contributed by atoms with van der Waals surface area (Å²) in [4.78, 5) is 30.8. The molecule has 5 unspecified atom stereocenters. The van der Waals surface area contributed by atoms with Crippen molar-refractivity contribution in [2.24, 2.45) is 0 Å². The normalized spacial score (nSPS) is 23.7. The Morgan fingerprint density at radius 1 is 1.04 bits per heavy atom. The van der Waals surface area contributed by atoms with Gasteiger partial charge >= 0.3 is 12.1 Å². The average molecular weight is 710 g/mol. The Morgan fingerprint density at radius 2 is 1.78 bits per heavy atom. The molecule has 4 heterocycles. The van der Waals surface area contributed by atoms with Crippen molar-refractivity contribution in [2.75, 3.05) is 38.5 Å². The largest absolute Gasteiger partial charge is 0.479 e. The second-order valence-corrected chi connectivity index (χ2v) is 13.0. The molecule has 2 saturated heterocycles. The predicted octanol–water partition coefficient (Wildman–Crippen LogP) is 1.86. The van der Waals surface area contributed by atoms with Gasteiger partial charge in [-0.2, -0.15) is 18.3 Å². The molecular formula is C35H36F3N6O7+. The predicted molar refractivity (Wildman–Crippen MR) is 175 cm³/mol. The first-order valence-electron chi connectivity index (χ1n) is 16.1. The standard InChI is InChI=1S/C35H35F3N6O7/c1-20-5-6-22(16-21(20)8-10-25-18-39-27-4-3-11-40-43(25)27)32(48)41-24-9-7-23(26(17-24)35(36,37)38)19-42-12-14-44(2,15-13-42)33-30(47)28(45)29(46)31(51-33)34(49)50/h3-7,9,11,16-18,28-31,33,45-47H,12-15,19H2,1-2H3,(H-,41,48,49,50)/p+1. The summed E-state index contributed by atoms with van der Waals surface area (Å²) in [5, 5.41) is 47.1. The fourth-order valence-electron chi connectivity index (χ4n) is 6.40. The lowest BCUT2D eigenvalue weighted by Crippen LogP contribution is -2.72. The zero-order chi connectivity index (χ0) is 36.7. The Hall–Kier alpha value is -4.89. The number of amides is 1. The van der Waals surface area contributed by atoms with E-state index in [9.17, 15) is 43.2 Å². The Morgan fingerprint density at radius 3 is 2.49 bits per heavy atom. The van der Waals surface area contributed by atoms with E-state index in [1.54, 1.807) is 59.2 Å². The van der Waals surface area contributed by atoms with Crippen LogP contribution >= 0.6 is 0 Å². The van der Waals surface area contributed by atoms with E-state index < -0.39 is 54.3 Å². The Bertz CT molecular complexity index is 2020. The van der Waals surface area contributed by atoms with Gasteiger partial charge in [-0.3, -0.25) is 14.2 Å². The van der Waals surface area contributed by atoms with Crippen molar-refractivity contribution in [3.05, 3.63) is 94.4 Å². The van der Waals surface area contributed by atoms with Crippen molar-refractivity contribution in [3.63, 3.8) is 0 Å². The van der Waals surface area contributed by atoms with E-state index in [0.717, 1.165) is 11.6 Å². The van der Waals surface area contributed by atoms with Crippen molar-refractivity contribution < 1.29 is 52.4 Å². The van der Waals surface area contributed by atoms with Gasteiger partial charge in [-0.05, 0) is 60.4 Å². The smallest absolute Gasteiger partial charge is 0.416 e. The number of anilines is 1. The minimum absolute atomic E-state index is 0.00943. The number of piperazine rings is 1. The van der Waals surface area contributed by atoms with Gasteiger partial charge in [0.2, 0.25) is 6.23 Å². The topological polar surface area (TPSA) is 170 Å². The number of hydrogen-bond donors (Lipinski definition) is 5. The molecule has 2 aromatic carbocycles. The Kier molecular flexibility index (Phi) is 9.88. The van der Waals surface area contributed by atoms with Crippen LogP contribution in [0.5, 0.6) is 0 Å². The molecule has 0 radical (unpaired) electrons. The van der Waals surface area contributed by atoms with Crippen LogP contribution < -0.4 is 5.32 Å². The zero-order valence-electron chi connectivity index (χ0n) is 27.6. The van der Waals surface area contributed by atoms with Crippen LogP contribution in [0.15, 0.2) is 60.9 Å². The average Bonchev–Trinajstić information content (AvgIpc) is 3.51. The van der Waals surface area contributed by atoms with Crippen LogP contribution in [0.4, 0.5) is 18.9 Å². The van der Waals surface area contributed by atoms with Crippen LogP contribution in [0.25, 0.3) is 5.65 Å². The molecule has 6 rings (SSSR count). The van der Waals surface area contributed by atoms with E-state index >= 15 is 0 Å². The van der Waals surface area contributed by atoms with Crippen LogP contribution in [0, 0.1) is 18.8 Å². The Balaban J connectivity index is 1.14. The number of nitrogens with zero attached hydrogens (tertiary/aromatic N) is 5. The van der Waals surface area contributed by atoms with Gasteiger partial charge in [-0.15, -0.1) is 0 Å². The number of carboxylic acids is 1. The molecule has 0 spiro atoms. The highest BCUT2D eigenvalue weighted by molar-refractivity contribution is 6.04. The fraction of sp³-hybridized carbons (Fsp3) is 0.371. The summed E-state index contributed by atoms with van der Waals surface area (Å²) in [5.74, 6) is 3.93. The van der Waals surface area contributed by atoms with E-state index in [2.05, 4.69) is 27.2 Å². The monoisotopic (exact) mass is 709 g/mol. The van der Waals surface area contributed by atoms with Crippen LogP contribution in [0.2, 0.25) is 0 Å². The van der Waals surface area contributed by atoms with E-state index in [1.807, 2.05) is 6.92 Å². The Labute approximate surface area is 290 Å². The molecule has 2 aliphatic heterocycles. The van der Waals surface area contributed by atoms with E-state index in [4.69, 9.17) is 4.74 Å². The first kappa shape index (κ1) is 35.9. The maximum atomic E-state index is 14.3. The molecule has 51 heavy (non-hydrogen) atoms. The summed E-state index contributed by atoms with van der Waals surface area (Å²) in [5.41, 5.74) is 1.76. The number of quaternary nitrogens is 1. The summed E-state index contributed by atoms with van der Waals surface area (Å²) in [7, 11) is 1.69. The number of halogens is 3. The third kappa shape index (κ3) is 7.45. The zero-order valence-corrected chi connectivity index (χ0v) is 27.6. The van der Waals surface area contributed by atoms with Crippen molar-refractivity contribution in [3.8, 4) is 11.8 Å². The SMILES string of the molecule is Cc1ccc(C(=O)Nc2ccc(CN3CC[N+](C)(C4OC(C(=O)O)C(O)C(O)C4O)CC3)c(C(F)(F)F)c2)cc1C#Cc1cnc2cccnn12. The van der Waals surface area contributed by atoms with Gasteiger partial charge in [0.25, 0.3) is 5.91 Å². The lowest BCUT2D eigenvalue weighted by Gasteiger charge is -2.51. The van der Waals surface area contributed by atoms with Crippen LogP contribution in [0.3, 0.4) is 0 Å². The minimum Gasteiger partial charge on any atom is -0.479 e. The number of carboxylic acid groups (broad SMARTS) is 1. The summed E-state index contributed by atoms with van der Waals surface area (Å²) < 4.78 is 50.1. The number of rotatable bonds is 6. The number of carbonyl (C=O) groups is 2. The molecule has 0 bridgehead atoms. The molecule has 1 amide bonds. The number of ether oxygens (including phenoxy) is 1. The highest BCUT2D eigenvalue weighted by Crippen LogP contribution is 2.35. The maximum Gasteiger partial charge on any atom is 0.416 e. The number of likely N-dealkylation sites (N-methyl/N-ethyl adjacent to an activating group) is 1. The van der Waals surface area contributed by atoms with Crippen molar-refractivity contribution in [2.45, 2.75) is 50.3 Å². The minimum atomic E-state index is -4.72. The number of aliphatic hydroxyl groups is 3. The van der Waals surface area contributed by atoms with Crippen LogP contribution in [-0.4, -0.2) is 120 Å². The van der Waals surface area contributed by atoms with Gasteiger partial charge in [0.1, 0.15) is 17.9 Å². The maximum absolute atomic E-state index is 14.3. The van der Waals surface area contributed by atoms with Gasteiger partial charge in [0.05, 0.1) is 31.9 Å². The summed E-state index contributed by atoms with van der Waals surface area (Å²) >= 11 is 0. The number of hydrogen-bond acceptors (Lipinski definition) is 9. The van der Waals surface area contributed by atoms with Crippen molar-refractivity contribution in [1.29, 1.82) is 0 Å². The summed E-state index contributed by atoms with van der Waals surface area (Å²) in [6, 6.07) is 12.0. The van der Waals surface area contributed by atoms with Gasteiger partial charge < -0.3 is 30.5 Å². The first-order valence-corrected chi connectivity index (χ1v) is 16.1. The molecule has 2 aromatic heterocycles. The van der Waals surface area contributed by atoms with E-state index in [0.29, 0.717) is 16.9 Å². The quantitative estimate of drug-likeness (QED) is 0.147. The molecule has 0 saturated carbocycles. The van der Waals surface area contributed by atoms with Gasteiger partial charge in [-0.1, -0.05) is 18.1 Å². The number of imidazole rings is 1. The molecule has 5 atom stereocenters. The second-order valence-electron chi connectivity index (χ2n) is 13.0. The van der Waals surface area contributed by atoms with Crippen molar-refractivity contribution in [1.82, 2.24) is 19.5 Å². The van der Waals surface area contributed by atoms with Crippen LogP contribution in [-0.2, 0) is 22.3 Å². The first-order chi connectivity index (χ1) is 24.1. The summed E-state index contributed by atoms with van der Waals surface area (Å²) in [6.07, 6.45) is -9.60. The number of benzene rings is 2. The van der Waals surface area contributed by atoms with E-state index in [1.165, 1.54) is 12.1 Å². The van der Waals surface area contributed by atoms with Gasteiger partial charge in [0, 0.05) is 42.6 Å². The second kappa shape index (κ2) is 14.0. The molecule has 13 nitrogen and oxygen atoms in total. The molecule has 2 fully saturated rings. The van der Waals surface area contributed by atoms with Crippen molar-refractivity contribution >= 4 is 23.2 Å². The van der Waals surface area contributed by atoms with E-state index in [-0.39, 0.29) is 54.0 Å². The highest BCUT2D eigenvalue weighted by atomic mass is 19.4. The number of aromatic nitrogens is 3. The number of aliphatic hydroxyl groups excluding tert-OH is 3. The third-order valence-corrected chi connectivity index (χ3v) is 9.47. The number of alkyl halides is 3. The number of fused-ring (bicyclic) bond motifs is 1. The highest BCUT2D eigenvalue weighted by Gasteiger charge is 2.54. The molecule has 268 valence electrons. The van der Waals surface area contributed by atoms with Crippen LogP contribution in [0.1, 0.15) is 38.3 Å². The number of aliphatic carboxylic acids is 1. The lowest BCUT2D eigenvalue weighted by molar-refractivity contribution is -0.964. The molecular weight excluding hydrogens is 673 g/mol. The number of aryl methyl sites for hydroxylation is 1. The van der Waals surface area contributed by atoms with Gasteiger partial charge in [0.15, 0.2) is 17.9 Å². The molecule has 2 aliphatic rings. The fourth-order valence-corrected chi connectivity index (χ4v) is 6.40. The summed E-state index contributed by atoms with van der Waals surface area (Å²) in [6.45, 7) is 2.80. The molecule has 5 N–H and O–H groups in total. The molecule has 0 aliphatic carbocycles. The molecule has 16 heteroatoms.